The number of likely N-dealkylation sites (tertiary alicyclic amines) is 1. The average Bonchev–Trinajstić information content (AvgIpc) is 3.14. The maximum absolute atomic E-state index is 14.0. The van der Waals surface area contributed by atoms with Crippen LogP contribution in [0.4, 0.5) is 4.39 Å². The molecule has 164 valence electrons. The second-order valence-electron chi connectivity index (χ2n) is 8.34. The molecule has 0 aliphatic carbocycles. The summed E-state index contributed by atoms with van der Waals surface area (Å²) >= 11 is 6.98. The molecule has 2 aromatic carbocycles. The van der Waals surface area contributed by atoms with Gasteiger partial charge in [0.15, 0.2) is 3.95 Å². The first kappa shape index (κ1) is 21.0. The number of carbonyl (C=O) groups excluding carboxylic acids is 1. The fraction of sp³-hybridized carbons (Fsp3) is 0.292. The summed E-state index contributed by atoms with van der Waals surface area (Å²) in [7, 11) is 0. The van der Waals surface area contributed by atoms with E-state index in [9.17, 15) is 14.0 Å². The van der Waals surface area contributed by atoms with Crippen LogP contribution in [0.3, 0.4) is 0 Å². The minimum atomic E-state index is -0.367. The summed E-state index contributed by atoms with van der Waals surface area (Å²) in [4.78, 5) is 29.2. The van der Waals surface area contributed by atoms with E-state index in [1.165, 1.54) is 28.0 Å². The Balaban J connectivity index is 1.75. The van der Waals surface area contributed by atoms with Crippen LogP contribution in [0.15, 0.2) is 53.3 Å². The zero-order valence-electron chi connectivity index (χ0n) is 17.6. The van der Waals surface area contributed by atoms with E-state index >= 15 is 0 Å². The van der Waals surface area contributed by atoms with E-state index in [1.807, 2.05) is 21.4 Å². The maximum atomic E-state index is 14.0. The van der Waals surface area contributed by atoms with Crippen LogP contribution in [0.5, 0.6) is 0 Å². The minimum absolute atomic E-state index is 0.0740. The van der Waals surface area contributed by atoms with Gasteiger partial charge in [-0.05, 0) is 60.8 Å². The molecule has 0 atom stereocenters. The summed E-state index contributed by atoms with van der Waals surface area (Å²) in [5.41, 5.74) is 1.61. The molecule has 3 heterocycles. The highest BCUT2D eigenvalue weighted by Crippen LogP contribution is 2.33. The van der Waals surface area contributed by atoms with Gasteiger partial charge in [-0.1, -0.05) is 31.2 Å². The quantitative estimate of drug-likeness (QED) is 0.394. The summed E-state index contributed by atoms with van der Waals surface area (Å²) in [6.45, 7) is 3.52. The number of benzene rings is 2. The van der Waals surface area contributed by atoms with Crippen molar-refractivity contribution in [3.05, 3.63) is 68.7 Å². The van der Waals surface area contributed by atoms with E-state index in [0.29, 0.717) is 50.0 Å². The Labute approximate surface area is 193 Å². The molecule has 1 saturated heterocycles. The number of thiazole rings is 1. The monoisotopic (exact) mass is 467 g/mol. The highest BCUT2D eigenvalue weighted by atomic mass is 32.1. The lowest BCUT2D eigenvalue weighted by atomic mass is 9.99. The number of para-hydroxylation sites is 1. The third-order valence-electron chi connectivity index (χ3n) is 6.18. The highest BCUT2D eigenvalue weighted by molar-refractivity contribution is 7.73. The lowest BCUT2D eigenvalue weighted by Gasteiger charge is -2.30. The Morgan fingerprint density at radius 1 is 1.16 bits per heavy atom. The molecule has 0 unspecified atom stereocenters. The number of hydrogen-bond donors (Lipinski definition) is 0. The van der Waals surface area contributed by atoms with Crippen LogP contribution >= 0.6 is 23.6 Å². The SMILES string of the molecule is CC1CCN(C(=O)Cn2c(=O)c3ccccc3n3c(=S)sc(-c4cccc(F)c4)c23)CC1. The largest absolute Gasteiger partial charge is 0.341 e. The van der Waals surface area contributed by atoms with E-state index in [1.54, 1.807) is 24.3 Å². The molecule has 2 aromatic heterocycles. The van der Waals surface area contributed by atoms with Crippen molar-refractivity contribution in [3.8, 4) is 10.4 Å². The van der Waals surface area contributed by atoms with Crippen LogP contribution < -0.4 is 5.56 Å². The predicted molar refractivity (Wildman–Crippen MR) is 128 cm³/mol. The molecule has 0 N–H and O–H groups in total. The highest BCUT2D eigenvalue weighted by Gasteiger charge is 2.24. The van der Waals surface area contributed by atoms with Gasteiger partial charge in [0.25, 0.3) is 5.56 Å². The van der Waals surface area contributed by atoms with Gasteiger partial charge in [0, 0.05) is 13.1 Å². The van der Waals surface area contributed by atoms with Gasteiger partial charge < -0.3 is 4.90 Å². The van der Waals surface area contributed by atoms with E-state index in [-0.39, 0.29) is 23.8 Å². The second kappa shape index (κ2) is 8.26. The maximum Gasteiger partial charge on any atom is 0.262 e. The molecular formula is C24H22FN3O2S2. The van der Waals surface area contributed by atoms with Gasteiger partial charge in [0.05, 0.1) is 15.8 Å². The zero-order valence-corrected chi connectivity index (χ0v) is 19.2. The fourth-order valence-corrected chi connectivity index (χ4v) is 5.79. The Morgan fingerprint density at radius 3 is 2.66 bits per heavy atom. The normalized spacial score (nSPS) is 15.0. The number of hydrogen-bond acceptors (Lipinski definition) is 4. The van der Waals surface area contributed by atoms with Gasteiger partial charge in [-0.3, -0.25) is 18.6 Å². The van der Waals surface area contributed by atoms with Gasteiger partial charge in [-0.25, -0.2) is 4.39 Å². The third-order valence-corrected chi connectivity index (χ3v) is 7.59. The number of carbonyl (C=O) groups is 1. The first-order chi connectivity index (χ1) is 15.4. The molecule has 4 aromatic rings. The van der Waals surface area contributed by atoms with Crippen LogP contribution in [0.25, 0.3) is 27.0 Å². The second-order valence-corrected chi connectivity index (χ2v) is 9.98. The Morgan fingerprint density at radius 2 is 1.91 bits per heavy atom. The molecule has 0 radical (unpaired) electrons. The molecule has 1 fully saturated rings. The molecule has 0 spiro atoms. The van der Waals surface area contributed by atoms with Gasteiger partial charge in [0.2, 0.25) is 5.91 Å². The number of piperidine rings is 1. The van der Waals surface area contributed by atoms with E-state index in [4.69, 9.17) is 12.2 Å². The number of amides is 1. The summed E-state index contributed by atoms with van der Waals surface area (Å²) in [6, 6.07) is 13.5. The van der Waals surface area contributed by atoms with E-state index in [2.05, 4.69) is 6.92 Å². The van der Waals surface area contributed by atoms with Crippen molar-refractivity contribution in [3.63, 3.8) is 0 Å². The average molecular weight is 468 g/mol. The molecule has 0 saturated carbocycles. The van der Waals surface area contributed by atoms with Crippen LogP contribution in [0, 0.1) is 15.7 Å². The number of fused-ring (bicyclic) bond motifs is 3. The third kappa shape index (κ3) is 3.57. The van der Waals surface area contributed by atoms with Crippen molar-refractivity contribution in [1.82, 2.24) is 13.9 Å². The van der Waals surface area contributed by atoms with Crippen molar-refractivity contribution >= 4 is 46.0 Å². The standard InChI is InChI=1S/C24H22FN3O2S2/c1-15-9-11-26(12-10-15)20(29)14-27-22-21(16-5-4-6-17(25)13-16)32-24(31)28(22)19-8-3-2-7-18(19)23(27)30/h2-8,13,15H,9-12,14H2,1H3. The Kier molecular flexibility index (Phi) is 5.43. The molecule has 5 rings (SSSR count). The lowest BCUT2D eigenvalue weighted by molar-refractivity contribution is -0.133. The molecule has 5 nitrogen and oxygen atoms in total. The summed E-state index contributed by atoms with van der Waals surface area (Å²) in [6.07, 6.45) is 1.93. The van der Waals surface area contributed by atoms with Crippen molar-refractivity contribution in [2.24, 2.45) is 5.92 Å². The molecule has 1 aliphatic rings. The minimum Gasteiger partial charge on any atom is -0.341 e. The number of nitrogens with zero attached hydrogens (tertiary/aromatic N) is 3. The first-order valence-electron chi connectivity index (χ1n) is 10.6. The van der Waals surface area contributed by atoms with Crippen LogP contribution in [-0.2, 0) is 11.3 Å². The van der Waals surface area contributed by atoms with Crippen LogP contribution in [0.1, 0.15) is 19.8 Å². The van der Waals surface area contributed by atoms with E-state index < -0.39 is 0 Å². The molecule has 32 heavy (non-hydrogen) atoms. The Bertz CT molecular complexity index is 1460. The van der Waals surface area contributed by atoms with Gasteiger partial charge >= 0.3 is 0 Å². The molecule has 1 amide bonds. The molecule has 0 bridgehead atoms. The fourth-order valence-electron chi connectivity index (χ4n) is 4.37. The smallest absolute Gasteiger partial charge is 0.262 e. The summed E-state index contributed by atoms with van der Waals surface area (Å²) < 4.78 is 17.9. The first-order valence-corrected chi connectivity index (χ1v) is 11.9. The predicted octanol–water partition coefficient (Wildman–Crippen LogP) is 5.11. The van der Waals surface area contributed by atoms with Crippen molar-refractivity contribution in [2.75, 3.05) is 13.1 Å². The number of aromatic nitrogens is 2. The van der Waals surface area contributed by atoms with Crippen LogP contribution in [0.2, 0.25) is 0 Å². The zero-order chi connectivity index (χ0) is 22.4. The van der Waals surface area contributed by atoms with E-state index in [0.717, 1.165) is 12.8 Å². The van der Waals surface area contributed by atoms with Crippen molar-refractivity contribution < 1.29 is 9.18 Å². The van der Waals surface area contributed by atoms with Crippen LogP contribution in [-0.4, -0.2) is 32.9 Å². The summed E-state index contributed by atoms with van der Waals surface area (Å²) in [5, 5.41) is 0.500. The van der Waals surface area contributed by atoms with Crippen molar-refractivity contribution in [1.29, 1.82) is 0 Å². The number of rotatable bonds is 3. The summed E-state index contributed by atoms with van der Waals surface area (Å²) in [5.74, 6) is 0.149. The van der Waals surface area contributed by atoms with Gasteiger partial charge in [0.1, 0.15) is 18.0 Å². The Hall–Kier alpha value is -2.84. The molecule has 1 aliphatic heterocycles. The van der Waals surface area contributed by atoms with Gasteiger partial charge in [-0.15, -0.1) is 11.3 Å². The van der Waals surface area contributed by atoms with Crippen molar-refractivity contribution in [2.45, 2.75) is 26.3 Å². The molecule has 8 heteroatoms. The number of halogens is 1. The topological polar surface area (TPSA) is 46.7 Å². The lowest BCUT2D eigenvalue weighted by Crippen LogP contribution is -2.41. The van der Waals surface area contributed by atoms with Gasteiger partial charge in [-0.2, -0.15) is 0 Å². The molecular weight excluding hydrogens is 445 g/mol.